The minimum atomic E-state index is -0.929. The largest absolute Gasteiger partial charge is 0.478 e. The van der Waals surface area contributed by atoms with E-state index >= 15 is 0 Å². The Morgan fingerprint density at radius 1 is 1.61 bits per heavy atom. The Hall–Kier alpha value is -1.36. The van der Waals surface area contributed by atoms with Crippen molar-refractivity contribution in [1.82, 2.24) is 0 Å². The number of benzene rings is 1. The maximum absolute atomic E-state index is 11.1. The molecule has 0 aliphatic carbocycles. The van der Waals surface area contributed by atoms with E-state index in [0.29, 0.717) is 11.4 Å². The highest BCUT2D eigenvalue weighted by atomic mass is 32.2. The van der Waals surface area contributed by atoms with E-state index < -0.39 is 5.97 Å². The lowest BCUT2D eigenvalue weighted by Crippen LogP contribution is -2.27. The molecule has 1 aliphatic rings. The summed E-state index contributed by atoms with van der Waals surface area (Å²) in [5, 5.41) is 12.4. The van der Waals surface area contributed by atoms with Crippen LogP contribution in [0.4, 0.5) is 11.4 Å². The molecule has 2 rings (SSSR count). The molecule has 4 nitrogen and oxygen atoms in total. The third kappa shape index (κ3) is 2.90. The Bertz CT molecular complexity index is 456. The van der Waals surface area contributed by atoms with Crippen LogP contribution in [0.2, 0.25) is 0 Å². The second kappa shape index (κ2) is 5.10. The van der Waals surface area contributed by atoms with Gasteiger partial charge in [0.2, 0.25) is 0 Å². The van der Waals surface area contributed by atoms with Crippen molar-refractivity contribution < 1.29 is 9.90 Å². The van der Waals surface area contributed by atoms with Crippen LogP contribution >= 0.6 is 11.8 Å². The molecule has 1 atom stereocenters. The molecule has 1 unspecified atom stereocenters. The zero-order chi connectivity index (χ0) is 13.2. The van der Waals surface area contributed by atoms with Gasteiger partial charge in [0.25, 0.3) is 0 Å². The Balaban J connectivity index is 2.12. The Morgan fingerprint density at radius 3 is 3.00 bits per heavy atom. The van der Waals surface area contributed by atoms with E-state index in [1.54, 1.807) is 18.2 Å². The molecule has 0 bridgehead atoms. The highest BCUT2D eigenvalue weighted by Gasteiger charge is 2.29. The molecule has 18 heavy (non-hydrogen) atoms. The molecule has 1 heterocycles. The molecule has 1 aromatic carbocycles. The van der Waals surface area contributed by atoms with Crippen LogP contribution in [0.25, 0.3) is 0 Å². The van der Waals surface area contributed by atoms with Crippen molar-refractivity contribution in [1.29, 1.82) is 0 Å². The van der Waals surface area contributed by atoms with E-state index in [4.69, 9.17) is 10.8 Å². The number of hydrogen-bond donors (Lipinski definition) is 3. The van der Waals surface area contributed by atoms with Crippen LogP contribution in [0.1, 0.15) is 30.1 Å². The summed E-state index contributed by atoms with van der Waals surface area (Å²) in [5.41, 5.74) is 7.16. The van der Waals surface area contributed by atoms with E-state index in [1.807, 2.05) is 11.8 Å². The first kappa shape index (κ1) is 13.1. The zero-order valence-corrected chi connectivity index (χ0v) is 11.2. The van der Waals surface area contributed by atoms with Gasteiger partial charge in [-0.3, -0.25) is 0 Å². The van der Waals surface area contributed by atoms with Crippen LogP contribution in [0.15, 0.2) is 18.2 Å². The fraction of sp³-hybridized carbons (Fsp3) is 0.462. The van der Waals surface area contributed by atoms with Crippen molar-refractivity contribution in [2.24, 2.45) is 0 Å². The topological polar surface area (TPSA) is 75.3 Å². The van der Waals surface area contributed by atoms with Crippen LogP contribution < -0.4 is 11.1 Å². The molecule has 0 amide bonds. The van der Waals surface area contributed by atoms with Crippen LogP contribution in [0.5, 0.6) is 0 Å². The minimum absolute atomic E-state index is 0.195. The van der Waals surface area contributed by atoms with Gasteiger partial charge < -0.3 is 16.2 Å². The standard InChI is InChI=1S/C13H18N2O2S/c1-13(5-2-6-18-13)8-15-11-7-9(14)3-4-10(11)12(16)17/h3-4,7,15H,2,5-6,8,14H2,1H3,(H,16,17). The van der Waals surface area contributed by atoms with Gasteiger partial charge in [-0.2, -0.15) is 11.8 Å². The summed E-state index contributed by atoms with van der Waals surface area (Å²) in [6.45, 7) is 2.98. The first-order chi connectivity index (χ1) is 8.50. The minimum Gasteiger partial charge on any atom is -0.478 e. The average molecular weight is 266 g/mol. The molecule has 0 spiro atoms. The number of nitrogens with two attached hydrogens (primary N) is 1. The van der Waals surface area contributed by atoms with Gasteiger partial charge in [0.1, 0.15) is 0 Å². The first-order valence-corrected chi connectivity index (χ1v) is 6.99. The lowest BCUT2D eigenvalue weighted by atomic mass is 10.1. The van der Waals surface area contributed by atoms with Crippen molar-refractivity contribution in [3.63, 3.8) is 0 Å². The molecular weight excluding hydrogens is 248 g/mol. The van der Waals surface area contributed by atoms with Gasteiger partial charge in [0.15, 0.2) is 0 Å². The summed E-state index contributed by atoms with van der Waals surface area (Å²) in [6, 6.07) is 4.84. The second-order valence-electron chi connectivity index (χ2n) is 4.87. The van der Waals surface area contributed by atoms with Crippen molar-refractivity contribution >= 4 is 29.1 Å². The number of nitrogen functional groups attached to an aromatic ring is 1. The molecule has 1 fully saturated rings. The number of hydrogen-bond acceptors (Lipinski definition) is 4. The fourth-order valence-corrected chi connectivity index (χ4v) is 3.40. The number of nitrogens with one attached hydrogen (secondary N) is 1. The molecule has 98 valence electrons. The lowest BCUT2D eigenvalue weighted by Gasteiger charge is -2.24. The summed E-state index contributed by atoms with van der Waals surface area (Å²) in [7, 11) is 0. The molecule has 1 saturated heterocycles. The van der Waals surface area contributed by atoms with Gasteiger partial charge in [0.05, 0.1) is 11.3 Å². The van der Waals surface area contributed by atoms with Gasteiger partial charge in [-0.05, 0) is 43.7 Å². The number of carbonyl (C=O) groups is 1. The number of anilines is 2. The summed E-state index contributed by atoms with van der Waals surface area (Å²) in [6.07, 6.45) is 2.39. The maximum Gasteiger partial charge on any atom is 0.337 e. The Labute approximate surface area is 111 Å². The second-order valence-corrected chi connectivity index (χ2v) is 6.55. The van der Waals surface area contributed by atoms with E-state index in [0.717, 1.165) is 13.0 Å². The monoisotopic (exact) mass is 266 g/mol. The van der Waals surface area contributed by atoms with Gasteiger partial charge >= 0.3 is 5.97 Å². The molecule has 4 N–H and O–H groups in total. The summed E-state index contributed by atoms with van der Waals surface area (Å²) in [5.74, 6) is 0.252. The summed E-state index contributed by atoms with van der Waals surface area (Å²) < 4.78 is 0.195. The van der Waals surface area contributed by atoms with E-state index in [-0.39, 0.29) is 10.3 Å². The SMILES string of the molecule is CC1(CNc2cc(N)ccc2C(=O)O)CCCS1. The fourth-order valence-electron chi connectivity index (χ4n) is 2.15. The average Bonchev–Trinajstić information content (AvgIpc) is 2.74. The number of rotatable bonds is 4. The molecule has 0 aromatic heterocycles. The normalized spacial score (nSPS) is 22.9. The summed E-state index contributed by atoms with van der Waals surface area (Å²) >= 11 is 1.94. The van der Waals surface area contributed by atoms with Gasteiger partial charge in [-0.1, -0.05) is 0 Å². The van der Waals surface area contributed by atoms with E-state index in [9.17, 15) is 4.79 Å². The molecule has 0 radical (unpaired) electrons. The first-order valence-electron chi connectivity index (χ1n) is 6.01. The Morgan fingerprint density at radius 2 is 2.39 bits per heavy atom. The number of carboxylic acid groups (broad SMARTS) is 1. The predicted molar refractivity (Wildman–Crippen MR) is 76.4 cm³/mol. The highest BCUT2D eigenvalue weighted by molar-refractivity contribution is 8.00. The molecule has 1 aromatic rings. The van der Waals surface area contributed by atoms with Crippen molar-refractivity contribution in [2.75, 3.05) is 23.3 Å². The highest BCUT2D eigenvalue weighted by Crippen LogP contribution is 2.38. The van der Waals surface area contributed by atoms with Crippen molar-refractivity contribution in [2.45, 2.75) is 24.5 Å². The Kier molecular flexibility index (Phi) is 3.71. The quantitative estimate of drug-likeness (QED) is 0.730. The maximum atomic E-state index is 11.1. The molecular formula is C13H18N2O2S. The van der Waals surface area contributed by atoms with Gasteiger partial charge in [0, 0.05) is 17.0 Å². The molecule has 1 aliphatic heterocycles. The zero-order valence-electron chi connectivity index (χ0n) is 10.4. The third-order valence-corrected chi connectivity index (χ3v) is 4.77. The van der Waals surface area contributed by atoms with Crippen LogP contribution in [-0.2, 0) is 0 Å². The number of thioether (sulfide) groups is 1. The van der Waals surface area contributed by atoms with Crippen molar-refractivity contribution in [3.8, 4) is 0 Å². The number of carboxylic acids is 1. The molecule has 0 saturated carbocycles. The predicted octanol–water partition coefficient (Wildman–Crippen LogP) is 2.66. The van der Waals surface area contributed by atoms with E-state index in [1.165, 1.54) is 12.2 Å². The van der Waals surface area contributed by atoms with Crippen LogP contribution in [0.3, 0.4) is 0 Å². The third-order valence-electron chi connectivity index (χ3n) is 3.23. The van der Waals surface area contributed by atoms with Gasteiger partial charge in [-0.15, -0.1) is 0 Å². The summed E-state index contributed by atoms with van der Waals surface area (Å²) in [4.78, 5) is 11.1. The smallest absolute Gasteiger partial charge is 0.337 e. The lowest BCUT2D eigenvalue weighted by molar-refractivity contribution is 0.0698. The van der Waals surface area contributed by atoms with Crippen molar-refractivity contribution in [3.05, 3.63) is 23.8 Å². The van der Waals surface area contributed by atoms with Gasteiger partial charge in [-0.25, -0.2) is 4.79 Å². The van der Waals surface area contributed by atoms with Crippen LogP contribution in [0, 0.1) is 0 Å². The van der Waals surface area contributed by atoms with E-state index in [2.05, 4.69) is 12.2 Å². The number of aromatic carboxylic acids is 1. The van der Waals surface area contributed by atoms with Crippen LogP contribution in [-0.4, -0.2) is 28.1 Å². The molecule has 5 heteroatoms.